The van der Waals surface area contributed by atoms with Crippen LogP contribution in [0.5, 0.6) is 5.75 Å². The Morgan fingerprint density at radius 2 is 2.23 bits per heavy atom. The Morgan fingerprint density at radius 3 is 2.69 bits per heavy atom. The number of nitrogens with zero attached hydrogens (tertiary/aromatic N) is 1. The lowest BCUT2D eigenvalue weighted by Gasteiger charge is -2.10. The lowest BCUT2D eigenvalue weighted by molar-refractivity contribution is 0.416. The molecule has 0 spiro atoms. The Labute approximate surface area is 84.9 Å². The molecule has 0 amide bonds. The summed E-state index contributed by atoms with van der Waals surface area (Å²) in [5.41, 5.74) is 8.24. The van der Waals surface area contributed by atoms with Gasteiger partial charge in [0.25, 0.3) is 0 Å². The highest BCUT2D eigenvalue weighted by atomic mass is 79.9. The van der Waals surface area contributed by atoms with Crippen LogP contribution in [0, 0.1) is 5.53 Å². The molecule has 1 aromatic carbocycles. The summed E-state index contributed by atoms with van der Waals surface area (Å²) in [5, 5.41) is 6.32. The summed E-state index contributed by atoms with van der Waals surface area (Å²) >= 11 is 3.31. The van der Waals surface area contributed by atoms with E-state index in [9.17, 15) is 0 Å². The minimum absolute atomic E-state index is 0.550. The van der Waals surface area contributed by atoms with E-state index in [2.05, 4.69) is 26.4 Å². The van der Waals surface area contributed by atoms with Crippen molar-refractivity contribution in [2.24, 2.45) is 5.11 Å². The first kappa shape index (κ1) is 9.98. The lowest BCUT2D eigenvalue weighted by atomic mass is 10.2. The number of anilines is 1. The number of rotatable bonds is 3. The van der Waals surface area contributed by atoms with E-state index in [1.807, 2.05) is 6.07 Å². The fraction of sp³-hybridized carbons (Fsp3) is 0.250. The molecule has 0 radical (unpaired) electrons. The summed E-state index contributed by atoms with van der Waals surface area (Å²) in [6.07, 6.45) is 0. The first-order valence-electron chi connectivity index (χ1n) is 3.65. The van der Waals surface area contributed by atoms with Crippen molar-refractivity contribution in [3.8, 4) is 5.75 Å². The van der Waals surface area contributed by atoms with Crippen molar-refractivity contribution in [2.45, 2.75) is 0 Å². The molecule has 0 heterocycles. The van der Waals surface area contributed by atoms with Gasteiger partial charge in [0, 0.05) is 11.5 Å². The second kappa shape index (κ2) is 4.23. The van der Waals surface area contributed by atoms with Crippen LogP contribution in [-0.2, 0) is 0 Å². The maximum atomic E-state index is 6.96. The van der Waals surface area contributed by atoms with Gasteiger partial charge in [-0.2, -0.15) is 5.11 Å². The fourth-order valence-electron chi connectivity index (χ4n) is 1.07. The van der Waals surface area contributed by atoms with E-state index in [0.717, 1.165) is 10.2 Å². The molecule has 70 valence electrons. The van der Waals surface area contributed by atoms with Crippen LogP contribution in [0.15, 0.2) is 21.7 Å². The SMILES string of the molecule is CNc1c(N=N)cc(Br)cc1OC. The molecule has 13 heavy (non-hydrogen) atoms. The summed E-state index contributed by atoms with van der Waals surface area (Å²) in [6, 6.07) is 3.57. The Bertz CT molecular complexity index is 327. The number of methoxy groups -OCH3 is 1. The van der Waals surface area contributed by atoms with Crippen molar-refractivity contribution < 1.29 is 4.74 Å². The molecule has 0 aliphatic rings. The van der Waals surface area contributed by atoms with E-state index in [1.165, 1.54) is 0 Å². The Balaban J connectivity index is 3.33. The Kier molecular flexibility index (Phi) is 3.25. The third-order valence-corrected chi connectivity index (χ3v) is 2.09. The molecule has 0 bridgehead atoms. The van der Waals surface area contributed by atoms with Crippen LogP contribution in [0.4, 0.5) is 11.4 Å². The summed E-state index contributed by atoms with van der Waals surface area (Å²) in [7, 11) is 3.34. The first-order valence-corrected chi connectivity index (χ1v) is 4.45. The van der Waals surface area contributed by atoms with Crippen LogP contribution in [0.3, 0.4) is 0 Å². The Hall–Kier alpha value is -1.10. The molecule has 0 unspecified atom stereocenters. The van der Waals surface area contributed by atoms with Crippen molar-refractivity contribution in [1.29, 1.82) is 5.53 Å². The molecular formula is C8H10BrN3O. The fourth-order valence-corrected chi connectivity index (χ4v) is 1.49. The smallest absolute Gasteiger partial charge is 0.145 e. The molecule has 0 aliphatic carbocycles. The zero-order chi connectivity index (χ0) is 9.84. The zero-order valence-electron chi connectivity index (χ0n) is 7.39. The van der Waals surface area contributed by atoms with Crippen molar-refractivity contribution in [3.63, 3.8) is 0 Å². The number of hydrogen-bond donors (Lipinski definition) is 2. The molecule has 5 heteroatoms. The summed E-state index contributed by atoms with van der Waals surface area (Å²) < 4.78 is 5.97. The predicted octanol–water partition coefficient (Wildman–Crippen LogP) is 3.16. The minimum atomic E-state index is 0.550. The van der Waals surface area contributed by atoms with Gasteiger partial charge in [-0.1, -0.05) is 15.9 Å². The standard InChI is InChI=1S/C8H10BrN3O/c1-11-8-6(12-10)3-5(9)4-7(8)13-2/h3-4,10-11H,1-2H3. The van der Waals surface area contributed by atoms with Gasteiger partial charge in [0.05, 0.1) is 7.11 Å². The van der Waals surface area contributed by atoms with Crippen molar-refractivity contribution in [2.75, 3.05) is 19.5 Å². The maximum Gasteiger partial charge on any atom is 0.145 e. The third kappa shape index (κ3) is 1.98. The first-order chi connectivity index (χ1) is 6.22. The second-order valence-electron chi connectivity index (χ2n) is 2.36. The van der Waals surface area contributed by atoms with Gasteiger partial charge in [-0.15, -0.1) is 0 Å². The van der Waals surface area contributed by atoms with E-state index >= 15 is 0 Å². The summed E-state index contributed by atoms with van der Waals surface area (Å²) in [6.45, 7) is 0. The highest BCUT2D eigenvalue weighted by Gasteiger charge is 2.08. The normalized spacial score (nSPS) is 9.46. The van der Waals surface area contributed by atoms with Gasteiger partial charge in [0.15, 0.2) is 0 Å². The van der Waals surface area contributed by atoms with Gasteiger partial charge >= 0.3 is 0 Å². The highest BCUT2D eigenvalue weighted by molar-refractivity contribution is 9.10. The number of halogens is 1. The van der Waals surface area contributed by atoms with Crippen LogP contribution >= 0.6 is 15.9 Å². The van der Waals surface area contributed by atoms with E-state index in [0.29, 0.717) is 11.4 Å². The van der Waals surface area contributed by atoms with Crippen molar-refractivity contribution in [3.05, 3.63) is 16.6 Å². The molecule has 2 N–H and O–H groups in total. The van der Waals surface area contributed by atoms with Crippen LogP contribution in [-0.4, -0.2) is 14.2 Å². The highest BCUT2D eigenvalue weighted by Crippen LogP contribution is 2.37. The molecule has 0 fully saturated rings. The van der Waals surface area contributed by atoms with E-state index in [-0.39, 0.29) is 0 Å². The average molecular weight is 244 g/mol. The molecule has 0 atom stereocenters. The lowest BCUT2D eigenvalue weighted by Crippen LogP contribution is -1.93. The largest absolute Gasteiger partial charge is 0.494 e. The van der Waals surface area contributed by atoms with Gasteiger partial charge in [-0.25, -0.2) is 5.53 Å². The number of benzene rings is 1. The van der Waals surface area contributed by atoms with Gasteiger partial charge in [0.1, 0.15) is 17.1 Å². The number of nitrogens with one attached hydrogen (secondary N) is 2. The summed E-state index contributed by atoms with van der Waals surface area (Å²) in [5.74, 6) is 0.669. The molecule has 0 saturated heterocycles. The van der Waals surface area contributed by atoms with Crippen LogP contribution in [0.25, 0.3) is 0 Å². The van der Waals surface area contributed by atoms with Gasteiger partial charge < -0.3 is 10.1 Å². The molecular weight excluding hydrogens is 234 g/mol. The van der Waals surface area contributed by atoms with Crippen molar-refractivity contribution in [1.82, 2.24) is 0 Å². The molecule has 0 saturated carbocycles. The molecule has 4 nitrogen and oxygen atoms in total. The Morgan fingerprint density at radius 1 is 1.54 bits per heavy atom. The predicted molar refractivity (Wildman–Crippen MR) is 55.0 cm³/mol. The van der Waals surface area contributed by atoms with Gasteiger partial charge in [-0.05, 0) is 12.1 Å². The third-order valence-electron chi connectivity index (χ3n) is 1.64. The summed E-state index contributed by atoms with van der Waals surface area (Å²) in [4.78, 5) is 0. The molecule has 0 aromatic heterocycles. The minimum Gasteiger partial charge on any atom is -0.494 e. The van der Waals surface area contributed by atoms with E-state index in [1.54, 1.807) is 20.2 Å². The van der Waals surface area contributed by atoms with Crippen LogP contribution < -0.4 is 10.1 Å². The van der Waals surface area contributed by atoms with Crippen LogP contribution in [0.1, 0.15) is 0 Å². The number of hydrogen-bond acceptors (Lipinski definition) is 4. The van der Waals surface area contributed by atoms with Gasteiger partial charge in [-0.3, -0.25) is 0 Å². The monoisotopic (exact) mass is 243 g/mol. The molecule has 1 rings (SSSR count). The maximum absolute atomic E-state index is 6.96. The molecule has 0 aliphatic heterocycles. The second-order valence-corrected chi connectivity index (χ2v) is 3.28. The topological polar surface area (TPSA) is 57.5 Å². The van der Waals surface area contributed by atoms with E-state index in [4.69, 9.17) is 10.3 Å². The molecule has 1 aromatic rings. The van der Waals surface area contributed by atoms with Crippen molar-refractivity contribution >= 4 is 27.3 Å². The van der Waals surface area contributed by atoms with E-state index < -0.39 is 0 Å². The number of ether oxygens (including phenoxy) is 1. The average Bonchev–Trinajstić information content (AvgIpc) is 2.16. The van der Waals surface area contributed by atoms with Crippen LogP contribution in [0.2, 0.25) is 0 Å². The van der Waals surface area contributed by atoms with Gasteiger partial charge in [0.2, 0.25) is 0 Å². The quantitative estimate of drug-likeness (QED) is 0.802. The zero-order valence-corrected chi connectivity index (χ0v) is 8.97.